The van der Waals surface area contributed by atoms with Gasteiger partial charge in [0.2, 0.25) is 0 Å². The minimum absolute atomic E-state index is 0.257. The Kier molecular flexibility index (Phi) is 5.31. The molecule has 0 fully saturated rings. The number of halogens is 1. The molecule has 0 aliphatic heterocycles. The van der Waals surface area contributed by atoms with Crippen molar-refractivity contribution in [3.05, 3.63) is 39.2 Å². The summed E-state index contributed by atoms with van der Waals surface area (Å²) < 4.78 is 0. The Morgan fingerprint density at radius 1 is 1.65 bits per heavy atom. The standard InChI is InChI=1S/C9H12ClN5O2/c1-11-6-9(14-15(16)17)13-5-7-2-3-8(10)12-4-7/h2-4,11H,5-6H2,1H3,(H,13,14). The monoisotopic (exact) mass is 257 g/mol. The van der Waals surface area contributed by atoms with Crippen molar-refractivity contribution in [1.82, 2.24) is 15.6 Å². The molecule has 2 N–H and O–H groups in total. The Hall–Kier alpha value is -1.73. The molecule has 1 heterocycles. The lowest BCUT2D eigenvalue weighted by atomic mass is 10.3. The van der Waals surface area contributed by atoms with Crippen LogP contribution in [-0.2, 0) is 6.54 Å². The van der Waals surface area contributed by atoms with Crippen molar-refractivity contribution in [2.24, 2.45) is 5.10 Å². The van der Waals surface area contributed by atoms with Crippen LogP contribution in [0.4, 0.5) is 0 Å². The van der Waals surface area contributed by atoms with Crippen LogP contribution in [0.15, 0.2) is 23.4 Å². The average Bonchev–Trinajstić information content (AvgIpc) is 2.27. The summed E-state index contributed by atoms with van der Waals surface area (Å²) in [6.07, 6.45) is 1.60. The smallest absolute Gasteiger partial charge is 0.192 e. The number of pyridine rings is 1. The minimum atomic E-state index is -0.736. The number of hydrogen-bond donors (Lipinski definition) is 2. The summed E-state index contributed by atoms with van der Waals surface area (Å²) in [7, 11) is 1.68. The van der Waals surface area contributed by atoms with Gasteiger partial charge in [-0.25, -0.2) is 15.1 Å². The molecule has 1 rings (SSSR count). The maximum atomic E-state index is 10.3. The van der Waals surface area contributed by atoms with E-state index in [1.165, 1.54) is 0 Å². The summed E-state index contributed by atoms with van der Waals surface area (Å²) in [4.78, 5) is 14.2. The number of rotatable bonds is 5. The molecular formula is C9H12ClN5O2. The van der Waals surface area contributed by atoms with Crippen LogP contribution >= 0.6 is 11.6 Å². The zero-order valence-corrected chi connectivity index (χ0v) is 9.94. The van der Waals surface area contributed by atoms with Crippen LogP contribution in [0.25, 0.3) is 0 Å². The highest BCUT2D eigenvalue weighted by atomic mass is 35.5. The predicted molar refractivity (Wildman–Crippen MR) is 64.4 cm³/mol. The molecule has 1 aromatic heterocycles. The van der Waals surface area contributed by atoms with Gasteiger partial charge >= 0.3 is 0 Å². The zero-order chi connectivity index (χ0) is 12.7. The van der Waals surface area contributed by atoms with Gasteiger partial charge < -0.3 is 10.6 Å². The molecule has 8 heteroatoms. The molecule has 0 bridgehead atoms. The maximum Gasteiger partial charge on any atom is 0.192 e. The van der Waals surface area contributed by atoms with Gasteiger partial charge in [-0.2, -0.15) is 0 Å². The zero-order valence-electron chi connectivity index (χ0n) is 9.18. The Labute approximate surface area is 103 Å². The van der Waals surface area contributed by atoms with Gasteiger partial charge in [0.25, 0.3) is 0 Å². The number of hydrogen-bond acceptors (Lipinski definition) is 4. The number of nitrogens with one attached hydrogen (secondary N) is 2. The van der Waals surface area contributed by atoms with Gasteiger partial charge in [-0.05, 0) is 18.7 Å². The van der Waals surface area contributed by atoms with Crippen LogP contribution in [0.5, 0.6) is 0 Å². The summed E-state index contributed by atoms with van der Waals surface area (Å²) in [5.74, 6) is 0.257. The van der Waals surface area contributed by atoms with E-state index in [1.807, 2.05) is 0 Å². The van der Waals surface area contributed by atoms with Crippen LogP contribution < -0.4 is 10.6 Å². The third-order valence-electron chi connectivity index (χ3n) is 1.83. The fraction of sp³-hybridized carbons (Fsp3) is 0.333. The van der Waals surface area contributed by atoms with Crippen molar-refractivity contribution in [2.75, 3.05) is 13.6 Å². The van der Waals surface area contributed by atoms with Gasteiger partial charge in [0.15, 0.2) is 10.9 Å². The van der Waals surface area contributed by atoms with Crippen molar-refractivity contribution in [1.29, 1.82) is 0 Å². The van der Waals surface area contributed by atoms with Gasteiger partial charge in [-0.3, -0.25) is 0 Å². The topological polar surface area (TPSA) is 92.5 Å². The van der Waals surface area contributed by atoms with Gasteiger partial charge in [0.1, 0.15) is 5.15 Å². The lowest BCUT2D eigenvalue weighted by Crippen LogP contribution is -2.32. The molecule has 0 aromatic carbocycles. The SMILES string of the molecule is CNC/C(=N\[N+](=O)[O-])NCc1ccc(Cl)nc1. The third kappa shape index (κ3) is 5.23. The van der Waals surface area contributed by atoms with Crippen molar-refractivity contribution in [3.8, 4) is 0 Å². The van der Waals surface area contributed by atoms with E-state index in [1.54, 1.807) is 25.4 Å². The average molecular weight is 258 g/mol. The molecule has 0 unspecified atom stereocenters. The van der Waals surface area contributed by atoms with E-state index in [-0.39, 0.29) is 5.84 Å². The number of amidine groups is 1. The van der Waals surface area contributed by atoms with Gasteiger partial charge in [0, 0.05) is 12.7 Å². The molecule has 0 radical (unpaired) electrons. The van der Waals surface area contributed by atoms with E-state index in [0.29, 0.717) is 18.2 Å². The van der Waals surface area contributed by atoms with Gasteiger partial charge in [-0.1, -0.05) is 17.7 Å². The Bertz CT molecular complexity index is 406. The molecule has 0 aliphatic rings. The van der Waals surface area contributed by atoms with E-state index in [0.717, 1.165) is 5.56 Å². The first-order valence-electron chi connectivity index (χ1n) is 4.82. The van der Waals surface area contributed by atoms with Gasteiger partial charge in [0.05, 0.1) is 11.6 Å². The predicted octanol–water partition coefficient (Wildman–Crippen LogP) is 0.634. The molecule has 92 valence electrons. The molecule has 0 amide bonds. The first-order valence-corrected chi connectivity index (χ1v) is 5.20. The molecule has 0 spiro atoms. The van der Waals surface area contributed by atoms with E-state index in [2.05, 4.69) is 20.7 Å². The Morgan fingerprint density at radius 3 is 2.94 bits per heavy atom. The van der Waals surface area contributed by atoms with Crippen molar-refractivity contribution in [2.45, 2.75) is 6.54 Å². The summed E-state index contributed by atoms with van der Waals surface area (Å²) in [6.45, 7) is 0.695. The summed E-state index contributed by atoms with van der Waals surface area (Å²) >= 11 is 5.64. The Morgan fingerprint density at radius 2 is 2.41 bits per heavy atom. The highest BCUT2D eigenvalue weighted by Gasteiger charge is 2.03. The van der Waals surface area contributed by atoms with Crippen molar-refractivity contribution in [3.63, 3.8) is 0 Å². The van der Waals surface area contributed by atoms with Crippen molar-refractivity contribution >= 4 is 17.4 Å². The van der Waals surface area contributed by atoms with E-state index < -0.39 is 5.03 Å². The largest absolute Gasteiger partial charge is 0.363 e. The summed E-state index contributed by atoms with van der Waals surface area (Å²) in [6, 6.07) is 3.44. The van der Waals surface area contributed by atoms with Crippen LogP contribution in [0.1, 0.15) is 5.56 Å². The number of aromatic nitrogens is 1. The number of nitro groups is 1. The van der Waals surface area contributed by atoms with Crippen LogP contribution in [0, 0.1) is 10.1 Å². The Balaban J connectivity index is 2.57. The third-order valence-corrected chi connectivity index (χ3v) is 2.06. The molecule has 0 saturated carbocycles. The second kappa shape index (κ2) is 6.77. The van der Waals surface area contributed by atoms with Crippen LogP contribution in [0.2, 0.25) is 5.15 Å². The van der Waals surface area contributed by atoms with E-state index in [9.17, 15) is 10.1 Å². The highest BCUT2D eigenvalue weighted by Crippen LogP contribution is 2.04. The molecule has 17 heavy (non-hydrogen) atoms. The molecule has 1 aromatic rings. The number of hydrazone groups is 1. The van der Waals surface area contributed by atoms with Crippen LogP contribution in [-0.4, -0.2) is 29.4 Å². The molecule has 7 nitrogen and oxygen atoms in total. The molecule has 0 saturated heterocycles. The molecular weight excluding hydrogens is 246 g/mol. The first-order chi connectivity index (χ1) is 8.11. The maximum absolute atomic E-state index is 10.3. The molecule has 0 aliphatic carbocycles. The second-order valence-electron chi connectivity index (χ2n) is 3.16. The lowest BCUT2D eigenvalue weighted by Gasteiger charge is -2.06. The second-order valence-corrected chi connectivity index (χ2v) is 3.54. The van der Waals surface area contributed by atoms with Crippen LogP contribution in [0.3, 0.4) is 0 Å². The minimum Gasteiger partial charge on any atom is -0.363 e. The van der Waals surface area contributed by atoms with E-state index in [4.69, 9.17) is 11.6 Å². The summed E-state index contributed by atoms with van der Waals surface area (Å²) in [5, 5.41) is 18.8. The normalized spacial score (nSPS) is 11.3. The molecule has 0 atom stereocenters. The van der Waals surface area contributed by atoms with E-state index >= 15 is 0 Å². The lowest BCUT2D eigenvalue weighted by molar-refractivity contribution is -0.485. The summed E-state index contributed by atoms with van der Waals surface area (Å²) in [5.41, 5.74) is 0.863. The fourth-order valence-corrected chi connectivity index (χ4v) is 1.23. The number of nitrogens with zero attached hydrogens (tertiary/aromatic N) is 3. The van der Waals surface area contributed by atoms with Gasteiger partial charge in [-0.15, -0.1) is 0 Å². The van der Waals surface area contributed by atoms with Crippen molar-refractivity contribution < 1.29 is 5.03 Å². The quantitative estimate of drug-likeness (QED) is 0.265. The highest BCUT2D eigenvalue weighted by molar-refractivity contribution is 6.29. The fourth-order valence-electron chi connectivity index (χ4n) is 1.11. The first kappa shape index (κ1) is 13.3. The number of likely N-dealkylation sites (N-methyl/N-ethyl adjacent to an activating group) is 1.